The predicted octanol–water partition coefficient (Wildman–Crippen LogP) is 12.8. The maximum absolute atomic E-state index is 15.3. The maximum atomic E-state index is 15.3. The van der Waals surface area contributed by atoms with E-state index in [2.05, 4.69) is 30.9 Å². The van der Waals surface area contributed by atoms with Crippen molar-refractivity contribution < 1.29 is 43.4 Å². The van der Waals surface area contributed by atoms with E-state index in [1.54, 1.807) is 41.3 Å². The number of carbonyl (C=O) groups excluding carboxylic acids is 1. The third kappa shape index (κ3) is 12.1. The molecule has 0 aromatic heterocycles. The van der Waals surface area contributed by atoms with Gasteiger partial charge in [0.25, 0.3) is 5.69 Å². The van der Waals surface area contributed by atoms with Gasteiger partial charge in [-0.2, -0.15) is 0 Å². The number of carbonyl (C=O) groups is 1. The van der Waals surface area contributed by atoms with Gasteiger partial charge in [0.15, 0.2) is 0 Å². The van der Waals surface area contributed by atoms with Crippen LogP contribution in [0.25, 0.3) is 17.2 Å². The Morgan fingerprint density at radius 2 is 1.51 bits per heavy atom. The van der Waals surface area contributed by atoms with Gasteiger partial charge in [-0.1, -0.05) is 115 Å². The van der Waals surface area contributed by atoms with E-state index in [9.17, 15) is 24.7 Å². The van der Waals surface area contributed by atoms with Gasteiger partial charge in [0.2, 0.25) is 11.7 Å². The van der Waals surface area contributed by atoms with Gasteiger partial charge in [-0.3, -0.25) is 14.9 Å². The Labute approximate surface area is 437 Å². The number of fused-ring (bicyclic) bond motifs is 2. The molecule has 0 radical (unpaired) electrons. The van der Waals surface area contributed by atoms with E-state index in [-0.39, 0.29) is 62.8 Å². The van der Waals surface area contributed by atoms with E-state index < -0.39 is 34.4 Å². The summed E-state index contributed by atoms with van der Waals surface area (Å²) < 4.78 is 35.9. The minimum absolute atomic E-state index is 0.0118. The standard InChI is InChI=1S/C62H62FN3O9/c1-2-37-72-62-58(65(41-44-19-26-49(63)27-20-44)59(69)34-23-43-21-28-50(29-22-43)66(70)71)40-56(64-73-42-45-13-5-3-6-14-45)54-38-48(17-9-11-35-67)53(18-10-12-36-68)60(61(54)62)55-39-52(32-33-57(55)75-62)74-51-30-24-47(25-31-51)46-15-7-4-8-16-46/h2-8,13-16,19-34,38-39,48,53,58,60-61,67-68H,1,9-12,17-18,35-37,40-42H2. The lowest BCUT2D eigenvalue weighted by Gasteiger charge is -2.60. The predicted molar refractivity (Wildman–Crippen MR) is 287 cm³/mol. The molecule has 1 saturated carbocycles. The second-order valence-electron chi connectivity index (χ2n) is 19.3. The fourth-order valence-electron chi connectivity index (χ4n) is 11.1. The molecule has 0 saturated heterocycles. The Balaban J connectivity index is 1.22. The zero-order valence-electron chi connectivity index (χ0n) is 41.8. The number of unbranched alkanes of at least 4 members (excludes halogenated alkanes) is 2. The summed E-state index contributed by atoms with van der Waals surface area (Å²) in [5.74, 6) is -1.64. The summed E-state index contributed by atoms with van der Waals surface area (Å²) in [6.45, 7) is 4.40. The quantitative estimate of drug-likeness (QED) is 0.0210. The van der Waals surface area contributed by atoms with Crippen LogP contribution in [0.1, 0.15) is 73.1 Å². The minimum Gasteiger partial charge on any atom is -0.459 e. The van der Waals surface area contributed by atoms with Gasteiger partial charge < -0.3 is 34.2 Å². The van der Waals surface area contributed by atoms with E-state index >= 15 is 4.79 Å². The normalized spacial score (nSPS) is 21.1. The molecule has 1 amide bonds. The Kier molecular flexibility index (Phi) is 17.1. The Bertz CT molecular complexity index is 2980. The lowest BCUT2D eigenvalue weighted by Crippen LogP contribution is -2.70. The van der Waals surface area contributed by atoms with Crippen molar-refractivity contribution in [1.82, 2.24) is 4.90 Å². The number of non-ortho nitro benzene ring substituents is 1. The average Bonchev–Trinajstić information content (AvgIpc) is 3.47. The summed E-state index contributed by atoms with van der Waals surface area (Å²) in [6, 6.07) is 44.7. The van der Waals surface area contributed by atoms with Crippen LogP contribution in [0.5, 0.6) is 17.2 Å². The molecule has 0 spiro atoms. The third-order valence-corrected chi connectivity index (χ3v) is 14.5. The summed E-state index contributed by atoms with van der Waals surface area (Å²) in [5.41, 5.74) is 6.57. The van der Waals surface area contributed by atoms with Crippen molar-refractivity contribution in [2.75, 3.05) is 19.8 Å². The lowest BCUT2D eigenvalue weighted by atomic mass is 9.55. The first-order chi connectivity index (χ1) is 36.7. The number of aliphatic hydroxyl groups is 2. The van der Waals surface area contributed by atoms with Gasteiger partial charge in [0.1, 0.15) is 35.7 Å². The van der Waals surface area contributed by atoms with Crippen LogP contribution < -0.4 is 9.47 Å². The highest BCUT2D eigenvalue weighted by atomic mass is 19.1. The molecule has 75 heavy (non-hydrogen) atoms. The molecular formula is C62H62FN3O9. The molecule has 6 aromatic rings. The topological polar surface area (TPSA) is 153 Å². The highest BCUT2D eigenvalue weighted by Gasteiger charge is 2.65. The van der Waals surface area contributed by atoms with Crippen molar-refractivity contribution in [1.29, 1.82) is 0 Å². The molecule has 13 heteroatoms. The number of ether oxygens (including phenoxy) is 3. The van der Waals surface area contributed by atoms with E-state index in [4.69, 9.17) is 24.2 Å². The molecule has 1 heterocycles. The highest BCUT2D eigenvalue weighted by molar-refractivity contribution is 6.03. The molecule has 6 atom stereocenters. The van der Waals surface area contributed by atoms with Crippen LogP contribution >= 0.6 is 0 Å². The molecule has 386 valence electrons. The highest BCUT2D eigenvalue weighted by Crippen LogP contribution is 2.62. The van der Waals surface area contributed by atoms with E-state index in [1.165, 1.54) is 30.3 Å². The smallest absolute Gasteiger partial charge is 0.269 e. The van der Waals surface area contributed by atoms with Gasteiger partial charge >= 0.3 is 0 Å². The number of hydrogen-bond acceptors (Lipinski definition) is 10. The first kappa shape index (κ1) is 52.2. The number of halogens is 1. The summed E-state index contributed by atoms with van der Waals surface area (Å²) in [4.78, 5) is 34.3. The third-order valence-electron chi connectivity index (χ3n) is 14.5. The van der Waals surface area contributed by atoms with Crippen molar-refractivity contribution in [3.8, 4) is 28.4 Å². The average molecular weight is 1010 g/mol. The first-order valence-electron chi connectivity index (χ1n) is 25.7. The number of nitro benzene ring substituents is 1. The zero-order valence-corrected chi connectivity index (χ0v) is 41.8. The fourth-order valence-corrected chi connectivity index (χ4v) is 11.1. The van der Waals surface area contributed by atoms with Gasteiger partial charge in [0, 0.05) is 55.9 Å². The monoisotopic (exact) mass is 1010 g/mol. The number of nitro groups is 1. The van der Waals surface area contributed by atoms with Gasteiger partial charge in [-0.25, -0.2) is 4.39 Å². The molecule has 2 N–H and O–H groups in total. The second kappa shape index (κ2) is 24.5. The number of hydrogen-bond donors (Lipinski definition) is 2. The number of benzene rings is 6. The summed E-state index contributed by atoms with van der Waals surface area (Å²) in [7, 11) is 0. The number of allylic oxidation sites excluding steroid dienone is 1. The Morgan fingerprint density at radius 1 is 0.827 bits per heavy atom. The second-order valence-corrected chi connectivity index (χ2v) is 19.3. The first-order valence-corrected chi connectivity index (χ1v) is 25.7. The molecule has 1 aliphatic heterocycles. The van der Waals surface area contributed by atoms with Crippen LogP contribution in [-0.2, 0) is 27.5 Å². The van der Waals surface area contributed by atoms with Crippen LogP contribution in [-0.4, -0.2) is 63.3 Å². The Morgan fingerprint density at radius 3 is 2.20 bits per heavy atom. The molecule has 6 unspecified atom stereocenters. The number of oxime groups is 1. The number of amides is 1. The lowest BCUT2D eigenvalue weighted by molar-refractivity contribution is -0.384. The molecule has 0 bridgehead atoms. The van der Waals surface area contributed by atoms with Gasteiger partial charge in [0.05, 0.1) is 23.2 Å². The van der Waals surface area contributed by atoms with E-state index in [1.807, 2.05) is 84.9 Å². The largest absolute Gasteiger partial charge is 0.459 e. The SMILES string of the molecule is C=CCOC12Oc3ccc(Oc4ccc(-c5ccccc5)cc4)cc3C3C(CCCCO)C(CCCCO)C=C(C(=NOCc4ccccc4)CC1N(Cc1ccc(F)cc1)C(=O)C=Cc1ccc([N+](=O)[O-])cc1)C32. The van der Waals surface area contributed by atoms with E-state index in [0.29, 0.717) is 46.9 Å². The van der Waals surface area contributed by atoms with Crippen LogP contribution in [0.4, 0.5) is 10.1 Å². The number of aliphatic hydroxyl groups excluding tert-OH is 2. The van der Waals surface area contributed by atoms with Crippen LogP contribution in [0.15, 0.2) is 187 Å². The zero-order chi connectivity index (χ0) is 52.2. The van der Waals surface area contributed by atoms with Gasteiger partial charge in [-0.15, -0.1) is 6.58 Å². The summed E-state index contributed by atoms with van der Waals surface area (Å²) >= 11 is 0. The molecule has 6 aromatic carbocycles. The van der Waals surface area contributed by atoms with Crippen LogP contribution in [0.2, 0.25) is 0 Å². The molecule has 9 rings (SSSR count). The summed E-state index contributed by atoms with van der Waals surface area (Å²) in [5, 5.41) is 36.7. The van der Waals surface area contributed by atoms with Crippen LogP contribution in [0.3, 0.4) is 0 Å². The van der Waals surface area contributed by atoms with Crippen molar-refractivity contribution in [3.05, 3.63) is 220 Å². The van der Waals surface area contributed by atoms with Crippen LogP contribution in [0, 0.1) is 33.7 Å². The molecule has 12 nitrogen and oxygen atoms in total. The maximum Gasteiger partial charge on any atom is 0.269 e. The van der Waals surface area contributed by atoms with Crippen molar-refractivity contribution >= 4 is 23.4 Å². The number of rotatable bonds is 23. The summed E-state index contributed by atoms with van der Waals surface area (Å²) in [6.07, 6.45) is 11.3. The number of nitrogens with zero attached hydrogens (tertiary/aromatic N) is 3. The van der Waals surface area contributed by atoms with E-state index in [0.717, 1.165) is 53.5 Å². The minimum atomic E-state index is -1.59. The fraction of sp³-hybridized carbons (Fsp3) is 0.290. The van der Waals surface area contributed by atoms with Gasteiger partial charge in [-0.05, 0) is 132 Å². The molecule has 2 aliphatic carbocycles. The van der Waals surface area contributed by atoms with Crippen molar-refractivity contribution in [2.45, 2.75) is 75.8 Å². The molecule has 1 fully saturated rings. The Hall–Kier alpha value is -7.71. The molecular weight excluding hydrogens is 950 g/mol. The molecule has 3 aliphatic rings. The van der Waals surface area contributed by atoms with Crippen molar-refractivity contribution in [2.24, 2.45) is 22.9 Å². The van der Waals surface area contributed by atoms with Crippen molar-refractivity contribution in [3.63, 3.8) is 0 Å².